The second-order valence-corrected chi connectivity index (χ2v) is 12.4. The minimum Gasteiger partial charge on any atom is -0.396 e. The molecule has 0 aromatic carbocycles. The Morgan fingerprint density at radius 1 is 1.13 bits per heavy atom. The maximum absolute atomic E-state index is 9.39. The number of aliphatic hydroxyl groups excluding tert-OH is 1. The van der Waals surface area contributed by atoms with Crippen molar-refractivity contribution in [2.45, 2.75) is 96.9 Å². The van der Waals surface area contributed by atoms with E-state index in [1.54, 1.807) is 5.57 Å². The lowest BCUT2D eigenvalue weighted by atomic mass is 9.46. The van der Waals surface area contributed by atoms with Crippen LogP contribution in [0.2, 0.25) is 0 Å². The monoisotopic (exact) mass is 407 g/mol. The number of aliphatic hydroxyl groups is 1. The Labute approximate surface area is 183 Å². The van der Waals surface area contributed by atoms with E-state index in [4.69, 9.17) is 0 Å². The first-order valence-electron chi connectivity index (χ1n) is 12.9. The minimum absolute atomic E-state index is 0.349. The number of rotatable bonds is 3. The van der Waals surface area contributed by atoms with Gasteiger partial charge in [-0.1, -0.05) is 25.0 Å². The number of hydrogen-bond donors (Lipinski definition) is 1. The minimum atomic E-state index is 0.349. The number of allylic oxidation sites excluding steroid dienone is 2. The quantitative estimate of drug-likeness (QED) is 0.376. The summed E-state index contributed by atoms with van der Waals surface area (Å²) in [4.78, 5) is 2.95. The smallest absolute Gasteiger partial charge is 0.0431 e. The van der Waals surface area contributed by atoms with Crippen molar-refractivity contribution in [3.63, 3.8) is 0 Å². The van der Waals surface area contributed by atoms with Gasteiger partial charge in [0.25, 0.3) is 0 Å². The summed E-state index contributed by atoms with van der Waals surface area (Å²) in [5.74, 6) is 9.92. The fraction of sp³-hybridized carbons (Fsp3) is 0.857. The Kier molecular flexibility index (Phi) is 4.23. The first-order chi connectivity index (χ1) is 14.4. The Balaban J connectivity index is 1.40. The molecule has 0 radical (unpaired) electrons. The standard InChI is InChI=1S/C28H41NO/c1-20-9-15-28-21(2)10-13-26(17-24(20)28)18-29-19-27(29)14-11-22(7-6-16-30)23(27)8-4-5-12-25(26,28)3/h21-23,30H,6-19H2,1-3H3/t21-,22-,23-,25-,26+,27-,28-,29?/m1/s1. The Morgan fingerprint density at radius 2 is 2.00 bits per heavy atom. The number of nitrogens with zero attached hydrogens (tertiary/aromatic N) is 1. The second-order valence-electron chi connectivity index (χ2n) is 12.4. The van der Waals surface area contributed by atoms with Gasteiger partial charge in [0.1, 0.15) is 0 Å². The Bertz CT molecular complexity index is 848. The third kappa shape index (κ3) is 2.20. The molecule has 1 saturated heterocycles. The summed E-state index contributed by atoms with van der Waals surface area (Å²) in [6.07, 6.45) is 14.1. The van der Waals surface area contributed by atoms with Gasteiger partial charge in [0, 0.05) is 43.5 Å². The topological polar surface area (TPSA) is 23.2 Å². The van der Waals surface area contributed by atoms with Crippen LogP contribution in [0.4, 0.5) is 0 Å². The van der Waals surface area contributed by atoms with Gasteiger partial charge in [-0.05, 0) is 93.3 Å². The van der Waals surface area contributed by atoms with Crippen LogP contribution in [0.1, 0.15) is 91.4 Å². The van der Waals surface area contributed by atoms with Gasteiger partial charge < -0.3 is 5.11 Å². The zero-order valence-corrected chi connectivity index (χ0v) is 19.5. The molecule has 0 amide bonds. The molecule has 1 unspecified atom stereocenters. The lowest BCUT2D eigenvalue weighted by Crippen LogP contribution is -2.55. The van der Waals surface area contributed by atoms with E-state index >= 15 is 0 Å². The van der Waals surface area contributed by atoms with E-state index in [2.05, 4.69) is 37.5 Å². The molecule has 164 valence electrons. The van der Waals surface area contributed by atoms with Crippen LogP contribution in [0, 0.1) is 45.8 Å². The fourth-order valence-electron chi connectivity index (χ4n) is 10.0. The molecule has 6 rings (SSSR count). The molecule has 30 heavy (non-hydrogen) atoms. The van der Waals surface area contributed by atoms with E-state index < -0.39 is 0 Å². The molecule has 4 aliphatic carbocycles. The predicted molar refractivity (Wildman–Crippen MR) is 122 cm³/mol. The van der Waals surface area contributed by atoms with Crippen LogP contribution < -0.4 is 0 Å². The third-order valence-electron chi connectivity index (χ3n) is 11.8. The normalized spacial score (nSPS) is 53.3. The maximum atomic E-state index is 9.39. The van der Waals surface area contributed by atoms with Crippen LogP contribution in [-0.4, -0.2) is 35.2 Å². The molecule has 6 aliphatic rings. The molecular formula is C28H41NO. The van der Waals surface area contributed by atoms with Crippen molar-refractivity contribution in [3.05, 3.63) is 11.1 Å². The van der Waals surface area contributed by atoms with Crippen LogP contribution in [0.25, 0.3) is 0 Å². The average molecular weight is 408 g/mol. The largest absolute Gasteiger partial charge is 0.396 e. The molecule has 8 atom stereocenters. The highest BCUT2D eigenvalue weighted by atomic mass is 16.2. The van der Waals surface area contributed by atoms with E-state index in [1.165, 1.54) is 64.5 Å². The molecule has 4 fully saturated rings. The van der Waals surface area contributed by atoms with E-state index in [0.29, 0.717) is 28.4 Å². The zero-order valence-electron chi connectivity index (χ0n) is 19.5. The van der Waals surface area contributed by atoms with E-state index in [-0.39, 0.29) is 0 Å². The van der Waals surface area contributed by atoms with Crippen molar-refractivity contribution >= 4 is 0 Å². The van der Waals surface area contributed by atoms with Gasteiger partial charge in [0.2, 0.25) is 0 Å². The van der Waals surface area contributed by atoms with Crippen molar-refractivity contribution in [2.75, 3.05) is 19.7 Å². The van der Waals surface area contributed by atoms with Crippen molar-refractivity contribution in [2.24, 2.45) is 34.0 Å². The van der Waals surface area contributed by atoms with Crippen LogP contribution in [0.5, 0.6) is 0 Å². The molecule has 2 spiro atoms. The zero-order chi connectivity index (χ0) is 20.8. The molecule has 2 bridgehead atoms. The van der Waals surface area contributed by atoms with Gasteiger partial charge in [0.05, 0.1) is 0 Å². The van der Waals surface area contributed by atoms with Gasteiger partial charge in [-0.25, -0.2) is 0 Å². The summed E-state index contributed by atoms with van der Waals surface area (Å²) < 4.78 is 0. The molecule has 1 N–H and O–H groups in total. The highest BCUT2D eigenvalue weighted by Crippen LogP contribution is 2.79. The predicted octanol–water partition coefficient (Wildman–Crippen LogP) is 5.56. The van der Waals surface area contributed by atoms with Crippen molar-refractivity contribution in [1.29, 1.82) is 0 Å². The summed E-state index contributed by atoms with van der Waals surface area (Å²) in [6.45, 7) is 10.7. The van der Waals surface area contributed by atoms with Gasteiger partial charge in [-0.3, -0.25) is 4.90 Å². The first kappa shape index (κ1) is 19.9. The fourth-order valence-corrected chi connectivity index (χ4v) is 10.0. The molecular weight excluding hydrogens is 366 g/mol. The van der Waals surface area contributed by atoms with Crippen LogP contribution >= 0.6 is 0 Å². The highest BCUT2D eigenvalue weighted by Gasteiger charge is 2.73. The first-order valence-corrected chi connectivity index (χ1v) is 12.9. The van der Waals surface area contributed by atoms with E-state index in [9.17, 15) is 5.11 Å². The van der Waals surface area contributed by atoms with Gasteiger partial charge in [-0.2, -0.15) is 0 Å². The Hall–Kier alpha value is -0.780. The van der Waals surface area contributed by atoms with Gasteiger partial charge in [-0.15, -0.1) is 11.8 Å². The molecule has 0 aromatic rings. The van der Waals surface area contributed by atoms with Crippen LogP contribution in [-0.2, 0) is 0 Å². The van der Waals surface area contributed by atoms with Crippen LogP contribution in [0.3, 0.4) is 0 Å². The molecule has 0 aromatic heterocycles. The summed E-state index contributed by atoms with van der Waals surface area (Å²) in [6, 6.07) is 0. The van der Waals surface area contributed by atoms with E-state index in [1.807, 2.05) is 5.57 Å². The summed E-state index contributed by atoms with van der Waals surface area (Å²) in [7, 11) is 0. The average Bonchev–Trinajstić information content (AvgIpc) is 3.09. The van der Waals surface area contributed by atoms with E-state index in [0.717, 1.165) is 37.0 Å². The van der Waals surface area contributed by atoms with Crippen molar-refractivity contribution < 1.29 is 5.11 Å². The Morgan fingerprint density at radius 3 is 2.83 bits per heavy atom. The SMILES string of the molecule is CC1=C2C[C@]34CC[C@@H](C)[C@@]2(CC1)[C@]3(C)CC#CC[C@@H]1[C@H](CCCO)CC[C@@]12CN2C4. The van der Waals surface area contributed by atoms with Gasteiger partial charge in [0.15, 0.2) is 0 Å². The summed E-state index contributed by atoms with van der Waals surface area (Å²) >= 11 is 0. The van der Waals surface area contributed by atoms with Crippen LogP contribution in [0.15, 0.2) is 11.1 Å². The molecule has 2 aliphatic heterocycles. The highest BCUT2D eigenvalue weighted by molar-refractivity contribution is 5.43. The summed E-state index contributed by atoms with van der Waals surface area (Å²) in [5.41, 5.74) is 5.31. The van der Waals surface area contributed by atoms with Crippen molar-refractivity contribution in [3.8, 4) is 11.8 Å². The molecule has 3 saturated carbocycles. The summed E-state index contributed by atoms with van der Waals surface area (Å²) in [5, 5.41) is 9.39. The lowest BCUT2D eigenvalue weighted by molar-refractivity contribution is -0.0900. The number of hydrogen-bond acceptors (Lipinski definition) is 2. The molecule has 2 nitrogen and oxygen atoms in total. The maximum Gasteiger partial charge on any atom is 0.0431 e. The van der Waals surface area contributed by atoms with Gasteiger partial charge >= 0.3 is 0 Å². The second kappa shape index (κ2) is 6.39. The lowest BCUT2D eigenvalue weighted by Gasteiger charge is -2.58. The molecule has 2 heterocycles. The van der Waals surface area contributed by atoms with Crippen molar-refractivity contribution in [1.82, 2.24) is 4.90 Å². The third-order valence-corrected chi connectivity index (χ3v) is 11.8. The molecule has 2 heteroatoms.